The fourth-order valence-corrected chi connectivity index (χ4v) is 2.67. The lowest BCUT2D eigenvalue weighted by Gasteiger charge is -2.23. The van der Waals surface area contributed by atoms with Crippen LogP contribution in [0.3, 0.4) is 0 Å². The molecule has 0 aromatic heterocycles. The Bertz CT molecular complexity index is 656. The van der Waals surface area contributed by atoms with E-state index in [1.165, 1.54) is 5.56 Å². The van der Waals surface area contributed by atoms with Gasteiger partial charge >= 0.3 is 0 Å². The van der Waals surface area contributed by atoms with Crippen LogP contribution in [0.2, 0.25) is 0 Å². The minimum atomic E-state index is 0.263. The maximum atomic E-state index is 5.61. The number of hydrogen-bond acceptors (Lipinski definition) is 4. The van der Waals surface area contributed by atoms with Crippen molar-refractivity contribution in [3.63, 3.8) is 0 Å². The first-order valence-electron chi connectivity index (χ1n) is 8.47. The van der Waals surface area contributed by atoms with Crippen LogP contribution in [0.4, 0.5) is 0 Å². The van der Waals surface area contributed by atoms with Crippen molar-refractivity contribution in [1.29, 1.82) is 0 Å². The summed E-state index contributed by atoms with van der Waals surface area (Å²) < 4.78 is 11.1. The second-order valence-corrected chi connectivity index (χ2v) is 6.19. The third kappa shape index (κ3) is 5.93. The second-order valence-electron chi connectivity index (χ2n) is 6.19. The number of nitrogens with one attached hydrogen (secondary N) is 1. The van der Waals surface area contributed by atoms with Gasteiger partial charge in [-0.2, -0.15) is 0 Å². The van der Waals surface area contributed by atoms with Gasteiger partial charge in [-0.05, 0) is 37.4 Å². The molecule has 0 radical (unpaired) electrons. The Balaban J connectivity index is 2.07. The fourth-order valence-electron chi connectivity index (χ4n) is 2.67. The third-order valence-corrected chi connectivity index (χ3v) is 3.89. The lowest BCUT2D eigenvalue weighted by Crippen LogP contribution is -2.30. The van der Waals surface area contributed by atoms with Gasteiger partial charge in [0.2, 0.25) is 0 Å². The van der Waals surface area contributed by atoms with Gasteiger partial charge in [0.1, 0.15) is 6.61 Å². The minimum absolute atomic E-state index is 0.263. The molecule has 2 aromatic rings. The Morgan fingerprint density at radius 2 is 1.88 bits per heavy atom. The maximum Gasteiger partial charge on any atom is 0.161 e. The molecule has 1 N–H and O–H groups in total. The van der Waals surface area contributed by atoms with E-state index < -0.39 is 0 Å². The van der Waals surface area contributed by atoms with Gasteiger partial charge in [0.05, 0.1) is 7.11 Å². The number of rotatable bonds is 10. The summed E-state index contributed by atoms with van der Waals surface area (Å²) in [6, 6.07) is 16.8. The van der Waals surface area contributed by atoms with Gasteiger partial charge < -0.3 is 19.7 Å². The van der Waals surface area contributed by atoms with Crippen molar-refractivity contribution in [1.82, 2.24) is 10.2 Å². The maximum absolute atomic E-state index is 5.61. The summed E-state index contributed by atoms with van der Waals surface area (Å²) in [6.45, 7) is 5.82. The summed E-state index contributed by atoms with van der Waals surface area (Å²) in [7, 11) is 5.84. The van der Waals surface area contributed by atoms with Crippen LogP contribution in [-0.2, 0) is 6.54 Å². The van der Waals surface area contributed by atoms with Crippen LogP contribution in [0.25, 0.3) is 0 Å². The van der Waals surface area contributed by atoms with Crippen LogP contribution in [0.1, 0.15) is 17.2 Å². The Kier molecular flexibility index (Phi) is 7.51. The molecular formula is C21H28N2O2. The molecule has 0 saturated heterocycles. The number of ether oxygens (including phenoxy) is 2. The van der Waals surface area contributed by atoms with Gasteiger partial charge in [-0.1, -0.05) is 49.1 Å². The van der Waals surface area contributed by atoms with Gasteiger partial charge in [-0.15, -0.1) is 0 Å². The average Bonchev–Trinajstić information content (AvgIpc) is 2.64. The van der Waals surface area contributed by atoms with E-state index in [9.17, 15) is 0 Å². The van der Waals surface area contributed by atoms with E-state index in [2.05, 4.69) is 61.2 Å². The molecule has 0 amide bonds. The van der Waals surface area contributed by atoms with E-state index in [1.807, 2.05) is 18.2 Å². The molecule has 2 rings (SSSR count). The number of likely N-dealkylation sites (N-methyl/N-ethyl adjacent to an activating group) is 1. The topological polar surface area (TPSA) is 33.7 Å². The molecule has 25 heavy (non-hydrogen) atoms. The molecule has 0 aliphatic carbocycles. The first-order chi connectivity index (χ1) is 12.1. The van der Waals surface area contributed by atoms with Crippen LogP contribution in [0.5, 0.6) is 11.5 Å². The molecule has 4 nitrogen and oxygen atoms in total. The molecule has 0 aliphatic heterocycles. The highest BCUT2D eigenvalue weighted by atomic mass is 16.5. The molecule has 0 saturated carbocycles. The summed E-state index contributed by atoms with van der Waals surface area (Å²) >= 11 is 0. The average molecular weight is 340 g/mol. The minimum Gasteiger partial charge on any atom is -0.493 e. The number of nitrogens with zero attached hydrogens (tertiary/aromatic N) is 1. The highest BCUT2D eigenvalue weighted by Gasteiger charge is 2.12. The largest absolute Gasteiger partial charge is 0.493 e. The number of benzene rings is 2. The Hall–Kier alpha value is -2.30. The summed E-state index contributed by atoms with van der Waals surface area (Å²) in [5, 5.41) is 3.64. The SMILES string of the molecule is C=CCOc1ccc(CNC(CN(C)C)c2ccccc2)cc1OC. The van der Waals surface area contributed by atoms with Gasteiger partial charge in [-0.3, -0.25) is 0 Å². The van der Waals surface area contributed by atoms with Crippen molar-refractivity contribution in [3.05, 3.63) is 72.3 Å². The van der Waals surface area contributed by atoms with Gasteiger partial charge in [0.15, 0.2) is 11.5 Å². The standard InChI is InChI=1S/C21H28N2O2/c1-5-13-25-20-12-11-17(14-21(20)24-4)15-22-19(16-23(2)3)18-9-7-6-8-10-18/h5-12,14,19,22H,1,13,15-16H2,2-4H3. The predicted octanol–water partition coefficient (Wildman–Crippen LogP) is 3.65. The number of methoxy groups -OCH3 is 1. The fraction of sp³-hybridized carbons (Fsp3) is 0.333. The first kappa shape index (κ1) is 19.0. The van der Waals surface area contributed by atoms with E-state index >= 15 is 0 Å². The van der Waals surface area contributed by atoms with Crippen LogP contribution in [-0.4, -0.2) is 39.3 Å². The Labute approximate surface area is 151 Å². The monoisotopic (exact) mass is 340 g/mol. The van der Waals surface area contributed by atoms with Crippen molar-refractivity contribution in [2.75, 3.05) is 34.4 Å². The normalized spacial score (nSPS) is 12.0. The highest BCUT2D eigenvalue weighted by molar-refractivity contribution is 5.43. The van der Waals surface area contributed by atoms with Crippen LogP contribution < -0.4 is 14.8 Å². The molecule has 1 unspecified atom stereocenters. The summed E-state index contributed by atoms with van der Waals surface area (Å²) in [6.07, 6.45) is 1.72. The molecule has 0 aliphatic rings. The predicted molar refractivity (Wildman–Crippen MR) is 103 cm³/mol. The van der Waals surface area contributed by atoms with Crippen molar-refractivity contribution in [2.45, 2.75) is 12.6 Å². The second kappa shape index (κ2) is 9.87. The summed E-state index contributed by atoms with van der Waals surface area (Å²) in [5.74, 6) is 1.48. The van der Waals surface area contributed by atoms with Crippen molar-refractivity contribution < 1.29 is 9.47 Å². The van der Waals surface area contributed by atoms with Crippen molar-refractivity contribution >= 4 is 0 Å². The zero-order chi connectivity index (χ0) is 18.1. The third-order valence-electron chi connectivity index (χ3n) is 3.89. The molecule has 0 spiro atoms. The van der Waals surface area contributed by atoms with Gasteiger partial charge in [0.25, 0.3) is 0 Å². The molecule has 1 atom stereocenters. The van der Waals surface area contributed by atoms with Gasteiger partial charge in [0, 0.05) is 19.1 Å². The highest BCUT2D eigenvalue weighted by Crippen LogP contribution is 2.28. The van der Waals surface area contributed by atoms with E-state index in [0.717, 1.165) is 30.2 Å². The van der Waals surface area contributed by atoms with Crippen LogP contribution in [0.15, 0.2) is 61.2 Å². The van der Waals surface area contributed by atoms with Crippen LogP contribution >= 0.6 is 0 Å². The quantitative estimate of drug-likeness (QED) is 0.670. The van der Waals surface area contributed by atoms with Gasteiger partial charge in [-0.25, -0.2) is 0 Å². The smallest absolute Gasteiger partial charge is 0.161 e. The van der Waals surface area contributed by atoms with Crippen molar-refractivity contribution in [2.24, 2.45) is 0 Å². The molecule has 2 aromatic carbocycles. The molecule has 134 valence electrons. The van der Waals surface area contributed by atoms with Crippen LogP contribution in [0, 0.1) is 0 Å². The molecule has 0 fully saturated rings. The lowest BCUT2D eigenvalue weighted by molar-refractivity contribution is 0.325. The summed E-state index contributed by atoms with van der Waals surface area (Å²) in [5.41, 5.74) is 2.44. The summed E-state index contributed by atoms with van der Waals surface area (Å²) in [4.78, 5) is 2.19. The Morgan fingerprint density at radius 3 is 2.52 bits per heavy atom. The van der Waals surface area contributed by atoms with E-state index in [-0.39, 0.29) is 6.04 Å². The number of hydrogen-bond donors (Lipinski definition) is 1. The molecular weight excluding hydrogens is 312 g/mol. The van der Waals surface area contributed by atoms with E-state index in [0.29, 0.717) is 6.61 Å². The zero-order valence-electron chi connectivity index (χ0n) is 15.4. The molecule has 0 heterocycles. The van der Waals surface area contributed by atoms with E-state index in [1.54, 1.807) is 13.2 Å². The Morgan fingerprint density at radius 1 is 1.12 bits per heavy atom. The first-order valence-corrected chi connectivity index (χ1v) is 8.47. The zero-order valence-corrected chi connectivity index (χ0v) is 15.4. The van der Waals surface area contributed by atoms with Crippen molar-refractivity contribution in [3.8, 4) is 11.5 Å². The van der Waals surface area contributed by atoms with E-state index in [4.69, 9.17) is 9.47 Å². The lowest BCUT2D eigenvalue weighted by atomic mass is 10.1. The molecule has 0 bridgehead atoms. The molecule has 4 heteroatoms.